The minimum absolute atomic E-state index is 0.0532. The van der Waals surface area contributed by atoms with Gasteiger partial charge in [-0.1, -0.05) is 39.5 Å². The average Bonchev–Trinajstić information content (AvgIpc) is 3.43. The van der Waals surface area contributed by atoms with Crippen molar-refractivity contribution in [1.82, 2.24) is 24.8 Å². The first-order valence-electron chi connectivity index (χ1n) is 14.7. The van der Waals surface area contributed by atoms with Gasteiger partial charge >= 0.3 is 6.09 Å². The Morgan fingerprint density at radius 2 is 1.87 bits per heavy atom. The molecule has 5 rings (SSSR count). The molecule has 10 heteroatoms. The quantitative estimate of drug-likeness (QED) is 0.247. The van der Waals surface area contributed by atoms with Crippen LogP contribution in [0.4, 0.5) is 16.6 Å². The first kappa shape index (κ1) is 26.7. The molecule has 38 heavy (non-hydrogen) atoms. The van der Waals surface area contributed by atoms with Gasteiger partial charge in [-0.3, -0.25) is 10.7 Å². The van der Waals surface area contributed by atoms with Crippen LogP contribution in [-0.4, -0.2) is 55.2 Å². The standard InChI is InChI=1S/C28H44N8O2/c1-4-7-21-10-6-15-35(21)27-34-25-22(36(27)16-19-13-11-17(2)12-14-19)24(30-18(3)20-8-5-9-20)32-26(33-25)23(29)31-28(37)38/h17-21H,4-16H2,1-3H3,(H2,29,31)(H,37,38)(H,30,32,33)/t17?,18-,19?,21?/m1/s1. The third-order valence-electron chi connectivity index (χ3n) is 9.09. The molecule has 10 nitrogen and oxygen atoms in total. The molecule has 3 heterocycles. The predicted octanol–water partition coefficient (Wildman–Crippen LogP) is 5.61. The summed E-state index contributed by atoms with van der Waals surface area (Å²) in [4.78, 5) is 28.2. The maximum absolute atomic E-state index is 11.3. The summed E-state index contributed by atoms with van der Waals surface area (Å²) >= 11 is 0. The van der Waals surface area contributed by atoms with Crippen LogP contribution >= 0.6 is 0 Å². The number of amides is 1. The van der Waals surface area contributed by atoms with Crippen molar-refractivity contribution < 1.29 is 9.90 Å². The lowest BCUT2D eigenvalue weighted by Gasteiger charge is -2.33. The fourth-order valence-corrected chi connectivity index (χ4v) is 6.57. The number of anilines is 2. The van der Waals surface area contributed by atoms with E-state index in [2.05, 4.69) is 45.9 Å². The van der Waals surface area contributed by atoms with Gasteiger partial charge in [-0.05, 0) is 69.6 Å². The largest absolute Gasteiger partial charge is 0.465 e. The van der Waals surface area contributed by atoms with Crippen LogP contribution in [0, 0.1) is 23.2 Å². The zero-order valence-electron chi connectivity index (χ0n) is 23.2. The molecule has 3 fully saturated rings. The van der Waals surface area contributed by atoms with Crippen LogP contribution in [0.3, 0.4) is 0 Å². The van der Waals surface area contributed by atoms with Gasteiger partial charge in [0.05, 0.1) is 0 Å². The van der Waals surface area contributed by atoms with Crippen LogP contribution in [0.5, 0.6) is 0 Å². The summed E-state index contributed by atoms with van der Waals surface area (Å²) in [5, 5.41) is 23.3. The second-order valence-corrected chi connectivity index (χ2v) is 11.9. The lowest BCUT2D eigenvalue weighted by Crippen LogP contribution is -2.33. The molecular weight excluding hydrogens is 480 g/mol. The summed E-state index contributed by atoms with van der Waals surface area (Å²) in [6, 6.07) is 0.685. The van der Waals surface area contributed by atoms with Crippen molar-refractivity contribution in [3.63, 3.8) is 0 Å². The lowest BCUT2D eigenvalue weighted by molar-refractivity contribution is 0.200. The van der Waals surface area contributed by atoms with Gasteiger partial charge in [0.15, 0.2) is 23.1 Å². The van der Waals surface area contributed by atoms with Crippen molar-refractivity contribution in [2.75, 3.05) is 16.8 Å². The van der Waals surface area contributed by atoms with E-state index in [-0.39, 0.29) is 17.7 Å². The fraction of sp³-hybridized carbons (Fsp3) is 0.750. The smallest absolute Gasteiger partial charge is 0.410 e. The molecule has 2 saturated carbocycles. The number of carbonyl (C=O) groups is 1. The minimum atomic E-state index is -1.30. The van der Waals surface area contributed by atoms with E-state index >= 15 is 0 Å². The normalized spacial score (nSPS) is 24.8. The molecule has 1 aliphatic heterocycles. The molecule has 2 atom stereocenters. The molecule has 208 valence electrons. The van der Waals surface area contributed by atoms with Gasteiger partial charge in [-0.2, -0.15) is 4.98 Å². The van der Waals surface area contributed by atoms with E-state index in [9.17, 15) is 9.90 Å². The third-order valence-corrected chi connectivity index (χ3v) is 9.09. The van der Waals surface area contributed by atoms with Gasteiger partial charge in [0.1, 0.15) is 5.52 Å². The molecule has 2 aliphatic carbocycles. The fourth-order valence-electron chi connectivity index (χ4n) is 6.57. The molecule has 2 aromatic heterocycles. The first-order chi connectivity index (χ1) is 18.3. The van der Waals surface area contributed by atoms with Crippen molar-refractivity contribution in [2.24, 2.45) is 17.8 Å². The average molecular weight is 525 g/mol. The van der Waals surface area contributed by atoms with Crippen molar-refractivity contribution in [1.29, 1.82) is 5.41 Å². The second kappa shape index (κ2) is 11.5. The Kier molecular flexibility index (Phi) is 8.04. The van der Waals surface area contributed by atoms with E-state index in [0.717, 1.165) is 49.7 Å². The number of imidazole rings is 1. The van der Waals surface area contributed by atoms with Crippen LogP contribution in [0.2, 0.25) is 0 Å². The zero-order valence-corrected chi connectivity index (χ0v) is 23.2. The highest BCUT2D eigenvalue weighted by atomic mass is 16.4. The van der Waals surface area contributed by atoms with Crippen LogP contribution in [0.1, 0.15) is 97.2 Å². The lowest BCUT2D eigenvalue weighted by atomic mass is 9.80. The highest BCUT2D eigenvalue weighted by Gasteiger charge is 2.32. The molecule has 3 aliphatic rings. The van der Waals surface area contributed by atoms with Gasteiger partial charge in [0.2, 0.25) is 5.95 Å². The summed E-state index contributed by atoms with van der Waals surface area (Å²) in [6.45, 7) is 8.65. The molecule has 2 aromatic rings. The van der Waals surface area contributed by atoms with Gasteiger partial charge in [-0.15, -0.1) is 0 Å². The number of hydrogen-bond acceptors (Lipinski definition) is 7. The Labute approximate surface area is 225 Å². The van der Waals surface area contributed by atoms with Gasteiger partial charge in [0.25, 0.3) is 0 Å². The van der Waals surface area contributed by atoms with Crippen molar-refractivity contribution in [3.8, 4) is 0 Å². The van der Waals surface area contributed by atoms with E-state index in [0.29, 0.717) is 29.3 Å². The number of hydrogen-bond donors (Lipinski definition) is 4. The summed E-state index contributed by atoms with van der Waals surface area (Å²) in [7, 11) is 0. The summed E-state index contributed by atoms with van der Waals surface area (Å²) in [5.74, 6) is 3.30. The Hall–Kier alpha value is -2.91. The van der Waals surface area contributed by atoms with Crippen LogP contribution in [0.25, 0.3) is 11.2 Å². The summed E-state index contributed by atoms with van der Waals surface area (Å²) < 4.78 is 2.36. The second-order valence-electron chi connectivity index (χ2n) is 11.9. The van der Waals surface area contributed by atoms with Crippen LogP contribution in [0.15, 0.2) is 0 Å². The number of carboxylic acid groups (broad SMARTS) is 1. The number of amidine groups is 1. The maximum Gasteiger partial charge on any atom is 0.410 e. The first-order valence-corrected chi connectivity index (χ1v) is 14.7. The molecule has 4 N–H and O–H groups in total. The number of nitrogens with one attached hydrogen (secondary N) is 3. The maximum atomic E-state index is 11.3. The van der Waals surface area contributed by atoms with Gasteiger partial charge in [-0.25, -0.2) is 14.8 Å². The summed E-state index contributed by atoms with van der Waals surface area (Å²) in [5.41, 5.74) is 1.43. The summed E-state index contributed by atoms with van der Waals surface area (Å²) in [6.07, 6.45) is 11.9. The Morgan fingerprint density at radius 1 is 1.11 bits per heavy atom. The zero-order chi connectivity index (χ0) is 26.8. The van der Waals surface area contributed by atoms with E-state index < -0.39 is 6.09 Å². The predicted molar refractivity (Wildman–Crippen MR) is 150 cm³/mol. The third kappa shape index (κ3) is 5.59. The van der Waals surface area contributed by atoms with E-state index in [4.69, 9.17) is 15.4 Å². The Balaban J connectivity index is 1.61. The topological polar surface area (TPSA) is 132 Å². The monoisotopic (exact) mass is 524 g/mol. The molecule has 0 spiro atoms. The minimum Gasteiger partial charge on any atom is -0.465 e. The van der Waals surface area contributed by atoms with Crippen molar-refractivity contribution in [2.45, 2.75) is 110 Å². The Morgan fingerprint density at radius 3 is 2.53 bits per heavy atom. The van der Waals surface area contributed by atoms with E-state index in [1.807, 2.05) is 0 Å². The molecule has 0 aromatic carbocycles. The molecule has 0 bridgehead atoms. The highest BCUT2D eigenvalue weighted by Crippen LogP contribution is 2.37. The van der Waals surface area contributed by atoms with E-state index in [1.165, 1.54) is 51.4 Å². The van der Waals surface area contributed by atoms with Crippen molar-refractivity contribution >= 4 is 34.9 Å². The van der Waals surface area contributed by atoms with Crippen LogP contribution < -0.4 is 15.5 Å². The number of rotatable bonds is 9. The highest BCUT2D eigenvalue weighted by molar-refractivity contribution is 6.03. The molecule has 1 unspecified atom stereocenters. The molecule has 0 radical (unpaired) electrons. The molecular formula is C28H44N8O2. The molecule has 1 saturated heterocycles. The molecule has 1 amide bonds. The van der Waals surface area contributed by atoms with Crippen LogP contribution in [-0.2, 0) is 6.54 Å². The Bertz CT molecular complexity index is 1150. The SMILES string of the molecule is CCCC1CCCN1c1nc2nc(C(=N)NC(=O)O)nc(N[C@H](C)C3CCC3)c2n1CC1CCC(C)CC1. The number of nitrogens with zero attached hydrogens (tertiary/aromatic N) is 5. The van der Waals surface area contributed by atoms with Gasteiger partial charge < -0.3 is 19.9 Å². The number of fused-ring (bicyclic) bond motifs is 1. The van der Waals surface area contributed by atoms with Gasteiger partial charge in [0, 0.05) is 25.2 Å². The van der Waals surface area contributed by atoms with E-state index in [1.54, 1.807) is 0 Å². The van der Waals surface area contributed by atoms with Crippen molar-refractivity contribution in [3.05, 3.63) is 5.82 Å². The number of aromatic nitrogens is 4.